The van der Waals surface area contributed by atoms with E-state index in [9.17, 15) is 13.2 Å². The first-order chi connectivity index (χ1) is 9.41. The molecule has 0 saturated carbocycles. The van der Waals surface area contributed by atoms with Gasteiger partial charge in [-0.2, -0.15) is 13.2 Å². The molecule has 108 valence electrons. The molecule has 0 radical (unpaired) electrons. The summed E-state index contributed by atoms with van der Waals surface area (Å²) in [5, 5.41) is 5.35. The normalized spacial score (nSPS) is 13.4. The number of rotatable bonds is 4. The summed E-state index contributed by atoms with van der Waals surface area (Å²) in [5.74, 6) is 0. The van der Waals surface area contributed by atoms with Crippen molar-refractivity contribution in [2.45, 2.75) is 26.1 Å². The van der Waals surface area contributed by atoms with Gasteiger partial charge in [0.25, 0.3) is 0 Å². The number of alkyl halides is 3. The van der Waals surface area contributed by atoms with Gasteiger partial charge in [0.1, 0.15) is 0 Å². The molecule has 2 aromatic rings. The largest absolute Gasteiger partial charge is 0.416 e. The van der Waals surface area contributed by atoms with Gasteiger partial charge in [-0.05, 0) is 48.2 Å². The fourth-order valence-corrected chi connectivity index (χ4v) is 2.84. The van der Waals surface area contributed by atoms with E-state index in [2.05, 4.69) is 11.4 Å². The summed E-state index contributed by atoms with van der Waals surface area (Å²) in [6.45, 7) is 4.75. The summed E-state index contributed by atoms with van der Waals surface area (Å²) >= 11 is 1.64. The van der Waals surface area contributed by atoms with Crippen LogP contribution in [-0.4, -0.2) is 6.54 Å². The summed E-state index contributed by atoms with van der Waals surface area (Å²) in [5.41, 5.74) is 1.32. The fourth-order valence-electron chi connectivity index (χ4n) is 2.11. The Hall–Kier alpha value is -1.33. The second-order valence-electron chi connectivity index (χ2n) is 4.60. The Morgan fingerprint density at radius 2 is 1.80 bits per heavy atom. The lowest BCUT2D eigenvalue weighted by Crippen LogP contribution is -2.21. The Morgan fingerprint density at radius 1 is 1.15 bits per heavy atom. The monoisotopic (exact) mass is 299 g/mol. The second kappa shape index (κ2) is 5.97. The van der Waals surface area contributed by atoms with Crippen LogP contribution in [0, 0.1) is 6.92 Å². The second-order valence-corrected chi connectivity index (χ2v) is 5.72. The average Bonchev–Trinajstić information content (AvgIpc) is 2.81. The average molecular weight is 299 g/mol. The Balaban J connectivity index is 2.30. The maximum Gasteiger partial charge on any atom is 0.416 e. The van der Waals surface area contributed by atoms with Gasteiger partial charge in [-0.15, -0.1) is 11.3 Å². The van der Waals surface area contributed by atoms with Crippen molar-refractivity contribution in [3.8, 4) is 0 Å². The molecular formula is C15H16F3NS. The minimum absolute atomic E-state index is 0.0627. The van der Waals surface area contributed by atoms with Crippen LogP contribution in [0.4, 0.5) is 13.2 Å². The van der Waals surface area contributed by atoms with Gasteiger partial charge in [-0.25, -0.2) is 0 Å². The molecule has 2 rings (SSSR count). The molecule has 1 N–H and O–H groups in total. The highest BCUT2D eigenvalue weighted by Gasteiger charge is 2.30. The topological polar surface area (TPSA) is 12.0 Å². The van der Waals surface area contributed by atoms with E-state index < -0.39 is 11.7 Å². The summed E-state index contributed by atoms with van der Waals surface area (Å²) in [6.07, 6.45) is -4.29. The summed E-state index contributed by atoms with van der Waals surface area (Å²) in [6, 6.07) is 7.37. The predicted molar refractivity (Wildman–Crippen MR) is 76.0 cm³/mol. The zero-order valence-electron chi connectivity index (χ0n) is 11.3. The number of benzene rings is 1. The van der Waals surface area contributed by atoms with Gasteiger partial charge >= 0.3 is 6.18 Å². The fraction of sp³-hybridized carbons (Fsp3) is 0.333. The number of hydrogen-bond acceptors (Lipinski definition) is 2. The first-order valence-corrected chi connectivity index (χ1v) is 7.25. The van der Waals surface area contributed by atoms with Crippen LogP contribution in [0.15, 0.2) is 35.7 Å². The molecule has 0 saturated heterocycles. The van der Waals surface area contributed by atoms with E-state index in [4.69, 9.17) is 0 Å². The number of thiophene rings is 1. The first kappa shape index (κ1) is 15.1. The van der Waals surface area contributed by atoms with E-state index in [-0.39, 0.29) is 6.04 Å². The number of halogens is 3. The predicted octanol–water partition coefficient (Wildman–Crippen LogP) is 4.77. The Kier molecular flexibility index (Phi) is 4.50. The minimum Gasteiger partial charge on any atom is -0.307 e. The molecule has 1 unspecified atom stereocenters. The van der Waals surface area contributed by atoms with Gasteiger partial charge in [0.2, 0.25) is 0 Å². The van der Waals surface area contributed by atoms with Crippen LogP contribution in [0.1, 0.15) is 34.5 Å². The van der Waals surface area contributed by atoms with Crippen molar-refractivity contribution in [2.24, 2.45) is 0 Å². The van der Waals surface area contributed by atoms with Crippen LogP contribution in [0.5, 0.6) is 0 Å². The number of aryl methyl sites for hydroxylation is 1. The zero-order valence-corrected chi connectivity index (χ0v) is 12.1. The van der Waals surface area contributed by atoms with Gasteiger partial charge in [-0.1, -0.05) is 19.1 Å². The molecule has 0 aliphatic carbocycles. The molecule has 5 heteroatoms. The molecule has 1 nitrogen and oxygen atoms in total. The van der Waals surface area contributed by atoms with Crippen molar-refractivity contribution in [2.75, 3.05) is 6.54 Å². The molecule has 0 bridgehead atoms. The molecular weight excluding hydrogens is 283 g/mol. The van der Waals surface area contributed by atoms with E-state index in [1.807, 2.05) is 19.2 Å². The molecule has 0 aliphatic rings. The van der Waals surface area contributed by atoms with Crippen molar-refractivity contribution in [3.63, 3.8) is 0 Å². The third-order valence-corrected chi connectivity index (χ3v) is 3.94. The van der Waals surface area contributed by atoms with Crippen molar-refractivity contribution in [1.82, 2.24) is 5.32 Å². The maximum absolute atomic E-state index is 12.6. The van der Waals surface area contributed by atoms with Crippen molar-refractivity contribution in [3.05, 3.63) is 57.3 Å². The van der Waals surface area contributed by atoms with Crippen LogP contribution in [0.3, 0.4) is 0 Å². The van der Waals surface area contributed by atoms with Crippen molar-refractivity contribution in [1.29, 1.82) is 0 Å². The summed E-state index contributed by atoms with van der Waals surface area (Å²) in [4.78, 5) is 1.19. The lowest BCUT2D eigenvalue weighted by Gasteiger charge is -2.18. The van der Waals surface area contributed by atoms with E-state index in [0.29, 0.717) is 0 Å². The molecule has 1 heterocycles. The van der Waals surface area contributed by atoms with Crippen LogP contribution in [0.2, 0.25) is 0 Å². The molecule has 1 atom stereocenters. The van der Waals surface area contributed by atoms with Crippen LogP contribution in [-0.2, 0) is 6.18 Å². The third kappa shape index (κ3) is 3.41. The maximum atomic E-state index is 12.6. The Bertz CT molecular complexity index is 557. The third-order valence-electron chi connectivity index (χ3n) is 3.06. The number of nitrogens with one attached hydrogen (secondary N) is 1. The SMILES string of the molecule is CCNC(c1ccc(C(F)(F)F)cc1)c1csc(C)c1. The minimum atomic E-state index is -4.29. The van der Waals surface area contributed by atoms with Crippen LogP contribution in [0.25, 0.3) is 0 Å². The highest BCUT2D eigenvalue weighted by molar-refractivity contribution is 7.10. The molecule has 0 spiro atoms. The molecule has 20 heavy (non-hydrogen) atoms. The van der Waals surface area contributed by atoms with Crippen molar-refractivity contribution < 1.29 is 13.2 Å². The zero-order chi connectivity index (χ0) is 14.8. The first-order valence-electron chi connectivity index (χ1n) is 6.37. The lowest BCUT2D eigenvalue weighted by atomic mass is 9.99. The lowest BCUT2D eigenvalue weighted by molar-refractivity contribution is -0.137. The molecule has 0 amide bonds. The molecule has 1 aromatic carbocycles. The van der Waals surface area contributed by atoms with E-state index >= 15 is 0 Å². The molecule has 0 fully saturated rings. The van der Waals surface area contributed by atoms with Crippen molar-refractivity contribution >= 4 is 11.3 Å². The Labute approximate surface area is 120 Å². The van der Waals surface area contributed by atoms with Gasteiger partial charge in [0.15, 0.2) is 0 Å². The summed E-state index contributed by atoms with van der Waals surface area (Å²) < 4.78 is 37.7. The van der Waals surface area contributed by atoms with Crippen LogP contribution >= 0.6 is 11.3 Å². The van der Waals surface area contributed by atoms with E-state index in [1.54, 1.807) is 23.5 Å². The summed E-state index contributed by atoms with van der Waals surface area (Å²) in [7, 11) is 0. The smallest absolute Gasteiger partial charge is 0.307 e. The van der Waals surface area contributed by atoms with Crippen LogP contribution < -0.4 is 5.32 Å². The van der Waals surface area contributed by atoms with E-state index in [1.165, 1.54) is 4.88 Å². The molecule has 0 aliphatic heterocycles. The highest BCUT2D eigenvalue weighted by atomic mass is 32.1. The van der Waals surface area contributed by atoms with Gasteiger partial charge in [0, 0.05) is 4.88 Å². The van der Waals surface area contributed by atoms with E-state index in [0.717, 1.165) is 29.8 Å². The van der Waals surface area contributed by atoms with Gasteiger partial charge < -0.3 is 5.32 Å². The number of hydrogen-bond donors (Lipinski definition) is 1. The van der Waals surface area contributed by atoms with Gasteiger partial charge in [0.05, 0.1) is 11.6 Å². The highest BCUT2D eigenvalue weighted by Crippen LogP contribution is 2.31. The quantitative estimate of drug-likeness (QED) is 0.857. The standard InChI is InChI=1S/C15H16F3NS/c1-3-19-14(12-8-10(2)20-9-12)11-4-6-13(7-5-11)15(16,17)18/h4-9,14,19H,3H2,1-2H3. The Morgan fingerprint density at radius 3 is 2.25 bits per heavy atom. The molecule has 1 aromatic heterocycles. The van der Waals surface area contributed by atoms with Gasteiger partial charge in [-0.3, -0.25) is 0 Å².